The fourth-order valence-corrected chi connectivity index (χ4v) is 3.39. The van der Waals surface area contributed by atoms with E-state index in [4.69, 9.17) is 33.9 Å². The van der Waals surface area contributed by atoms with Crippen LogP contribution in [-0.2, 0) is 9.05 Å². The fraction of sp³-hybridized carbons (Fsp3) is 1.00. The third-order valence-corrected chi connectivity index (χ3v) is 3.47. The summed E-state index contributed by atoms with van der Waals surface area (Å²) in [6.07, 6.45) is 1.03. The van der Waals surface area contributed by atoms with Crippen LogP contribution in [0.15, 0.2) is 0 Å². The lowest BCUT2D eigenvalue weighted by Crippen LogP contribution is -2.36. The summed E-state index contributed by atoms with van der Waals surface area (Å²) >= 11 is 11.3. The second kappa shape index (κ2) is 2.95. The Morgan fingerprint density at radius 3 is 2.09 bits per heavy atom. The van der Waals surface area contributed by atoms with Crippen LogP contribution in [0.4, 0.5) is 0 Å². The first-order chi connectivity index (χ1) is 4.79. The molecule has 1 fully saturated rings. The smallest absolute Gasteiger partial charge is 0.212 e. The van der Waals surface area contributed by atoms with Crippen LogP contribution in [-0.4, -0.2) is 18.5 Å². The highest BCUT2D eigenvalue weighted by atomic mass is 35.7. The van der Waals surface area contributed by atoms with Gasteiger partial charge in [-0.05, 0) is 18.8 Å². The van der Waals surface area contributed by atoms with Crippen LogP contribution in [0, 0.1) is 5.92 Å². The molecule has 1 saturated carbocycles. The summed E-state index contributed by atoms with van der Waals surface area (Å²) in [5.74, 6) is 0.0166. The molecule has 66 valence electrons. The van der Waals surface area contributed by atoms with E-state index in [9.17, 15) is 8.42 Å². The molecule has 0 spiro atoms. The van der Waals surface area contributed by atoms with E-state index >= 15 is 0 Å². The number of rotatable bonds is 2. The second-order valence-corrected chi connectivity index (χ2v) is 7.30. The van der Waals surface area contributed by atoms with Gasteiger partial charge in [-0.2, -0.15) is 0 Å². The van der Waals surface area contributed by atoms with Crippen molar-refractivity contribution >= 4 is 42.9 Å². The summed E-state index contributed by atoms with van der Waals surface area (Å²) < 4.78 is 20.3. The minimum atomic E-state index is -3.38. The molecule has 0 N–H and O–H groups in total. The van der Waals surface area contributed by atoms with Gasteiger partial charge in [-0.25, -0.2) is 8.42 Å². The van der Waals surface area contributed by atoms with Gasteiger partial charge >= 0.3 is 0 Å². The van der Waals surface area contributed by atoms with Crippen LogP contribution in [0.25, 0.3) is 0 Å². The summed E-state index contributed by atoms with van der Waals surface area (Å²) in [5.41, 5.74) is 0. The van der Waals surface area contributed by atoms with Crippen LogP contribution in [0.2, 0.25) is 0 Å². The van der Waals surface area contributed by atoms with Crippen molar-refractivity contribution < 1.29 is 8.42 Å². The van der Waals surface area contributed by atoms with Crippen molar-refractivity contribution in [2.75, 3.05) is 5.75 Å². The summed E-state index contributed by atoms with van der Waals surface area (Å²) in [7, 11) is 1.64. The summed E-state index contributed by atoms with van der Waals surface area (Å²) in [5, 5.41) is 0. The maximum Gasteiger partial charge on any atom is 0.232 e. The Hall–Kier alpha value is 0.820. The molecule has 0 radical (unpaired) electrons. The Balaban J connectivity index is 2.36. The van der Waals surface area contributed by atoms with Crippen molar-refractivity contribution in [3.63, 3.8) is 0 Å². The molecule has 0 saturated heterocycles. The minimum absolute atomic E-state index is 0.0181. The number of hydrogen-bond donors (Lipinski definition) is 0. The molecule has 1 aliphatic carbocycles. The summed E-state index contributed by atoms with van der Waals surface area (Å²) in [4.78, 5) is 0. The van der Waals surface area contributed by atoms with Crippen LogP contribution >= 0.6 is 33.9 Å². The van der Waals surface area contributed by atoms with Gasteiger partial charge in [0.15, 0.2) is 0 Å². The molecule has 0 atom stereocenters. The molecule has 0 amide bonds. The zero-order chi connectivity index (χ0) is 8.70. The fourth-order valence-electron chi connectivity index (χ4n) is 1.18. The Bertz CT molecular complexity index is 238. The highest BCUT2D eigenvalue weighted by Crippen LogP contribution is 2.47. The second-order valence-electron chi connectivity index (χ2n) is 2.84. The molecular formula is C5H7Cl3O2S. The van der Waals surface area contributed by atoms with Crippen LogP contribution < -0.4 is 0 Å². The molecule has 0 aromatic heterocycles. The highest BCUT2D eigenvalue weighted by Gasteiger charge is 2.42. The monoisotopic (exact) mass is 236 g/mol. The largest absolute Gasteiger partial charge is 0.232 e. The van der Waals surface area contributed by atoms with E-state index in [-0.39, 0.29) is 11.7 Å². The van der Waals surface area contributed by atoms with Gasteiger partial charge in [0.05, 0.1) is 5.75 Å². The molecule has 0 aliphatic heterocycles. The molecule has 0 aromatic rings. The maximum atomic E-state index is 10.5. The first kappa shape index (κ1) is 9.90. The summed E-state index contributed by atoms with van der Waals surface area (Å²) in [6, 6.07) is 0. The predicted molar refractivity (Wildman–Crippen MR) is 46.8 cm³/mol. The van der Waals surface area contributed by atoms with Crippen molar-refractivity contribution in [1.29, 1.82) is 0 Å². The standard InChI is InChI=1S/C5H7Cl3O2S/c6-5(7)1-4(2-5)3-11(8,9)10/h4H,1-3H2. The van der Waals surface area contributed by atoms with E-state index < -0.39 is 13.4 Å². The lowest BCUT2D eigenvalue weighted by Gasteiger charge is -2.37. The maximum absolute atomic E-state index is 10.5. The zero-order valence-electron chi connectivity index (χ0n) is 5.56. The Morgan fingerprint density at radius 1 is 1.36 bits per heavy atom. The van der Waals surface area contributed by atoms with Gasteiger partial charge in [-0.1, -0.05) is 0 Å². The SMILES string of the molecule is O=S(=O)(Cl)CC1CC(Cl)(Cl)C1. The van der Waals surface area contributed by atoms with Crippen LogP contribution in [0.5, 0.6) is 0 Å². The third-order valence-electron chi connectivity index (χ3n) is 1.61. The molecular weight excluding hydrogens is 230 g/mol. The van der Waals surface area contributed by atoms with Crippen LogP contribution in [0.1, 0.15) is 12.8 Å². The molecule has 11 heavy (non-hydrogen) atoms. The lowest BCUT2D eigenvalue weighted by molar-refractivity contribution is 0.323. The minimum Gasteiger partial charge on any atom is -0.212 e. The van der Waals surface area contributed by atoms with Gasteiger partial charge in [-0.3, -0.25) is 0 Å². The van der Waals surface area contributed by atoms with Gasteiger partial charge < -0.3 is 0 Å². The average Bonchev–Trinajstić information content (AvgIpc) is 1.53. The van der Waals surface area contributed by atoms with Crippen LogP contribution in [0.3, 0.4) is 0 Å². The van der Waals surface area contributed by atoms with Gasteiger partial charge in [0.2, 0.25) is 9.05 Å². The molecule has 1 rings (SSSR count). The zero-order valence-corrected chi connectivity index (χ0v) is 8.64. The lowest BCUT2D eigenvalue weighted by atomic mass is 9.86. The number of hydrogen-bond acceptors (Lipinski definition) is 2. The van der Waals surface area contributed by atoms with Gasteiger partial charge in [-0.15, -0.1) is 23.2 Å². The van der Waals surface area contributed by atoms with E-state index in [1.54, 1.807) is 0 Å². The van der Waals surface area contributed by atoms with Gasteiger partial charge in [0.25, 0.3) is 0 Å². The average molecular weight is 238 g/mol. The Kier molecular flexibility index (Phi) is 2.65. The molecule has 0 bridgehead atoms. The van der Waals surface area contributed by atoms with Gasteiger partial charge in [0.1, 0.15) is 4.33 Å². The van der Waals surface area contributed by atoms with Crippen molar-refractivity contribution in [2.24, 2.45) is 5.92 Å². The van der Waals surface area contributed by atoms with Crippen molar-refractivity contribution in [1.82, 2.24) is 0 Å². The Morgan fingerprint density at radius 2 is 1.82 bits per heavy atom. The van der Waals surface area contributed by atoms with E-state index in [0.717, 1.165) is 0 Å². The van der Waals surface area contributed by atoms with E-state index in [1.165, 1.54) is 0 Å². The highest BCUT2D eigenvalue weighted by molar-refractivity contribution is 8.13. The van der Waals surface area contributed by atoms with Crippen molar-refractivity contribution in [3.8, 4) is 0 Å². The van der Waals surface area contributed by atoms with Crippen molar-refractivity contribution in [3.05, 3.63) is 0 Å². The number of alkyl halides is 2. The molecule has 1 aliphatic rings. The molecule has 6 heteroatoms. The molecule has 2 nitrogen and oxygen atoms in total. The predicted octanol–water partition coefficient (Wildman–Crippen LogP) is 2.14. The molecule has 0 aromatic carbocycles. The first-order valence-corrected chi connectivity index (χ1v) is 6.32. The van der Waals surface area contributed by atoms with E-state index in [0.29, 0.717) is 12.8 Å². The van der Waals surface area contributed by atoms with E-state index in [1.807, 2.05) is 0 Å². The Labute approximate surface area is 80.2 Å². The quantitative estimate of drug-likeness (QED) is 0.545. The first-order valence-electron chi connectivity index (χ1n) is 3.09. The molecule has 0 unspecified atom stereocenters. The van der Waals surface area contributed by atoms with Gasteiger partial charge in [0, 0.05) is 10.7 Å². The number of halogens is 3. The van der Waals surface area contributed by atoms with Crippen molar-refractivity contribution in [2.45, 2.75) is 17.2 Å². The van der Waals surface area contributed by atoms with E-state index in [2.05, 4.69) is 0 Å². The topological polar surface area (TPSA) is 34.1 Å². The summed E-state index contributed by atoms with van der Waals surface area (Å²) in [6.45, 7) is 0. The normalized spacial score (nSPS) is 24.6. The molecule has 0 heterocycles. The third kappa shape index (κ3) is 3.36.